The zero-order valence-electron chi connectivity index (χ0n) is 17.1. The summed E-state index contributed by atoms with van der Waals surface area (Å²) in [7, 11) is -3.79. The molecule has 3 N–H and O–H groups in total. The Bertz CT molecular complexity index is 1470. The number of nitrogens with one attached hydrogen (secondary N) is 1. The summed E-state index contributed by atoms with van der Waals surface area (Å²) in [6.45, 7) is 1.45. The first-order valence-electron chi connectivity index (χ1n) is 9.68. The van der Waals surface area contributed by atoms with E-state index in [1.54, 1.807) is 48.5 Å². The molecule has 4 aromatic rings. The number of sulfone groups is 1. The van der Waals surface area contributed by atoms with Crippen LogP contribution in [-0.4, -0.2) is 25.1 Å². The van der Waals surface area contributed by atoms with E-state index in [9.17, 15) is 18.0 Å². The van der Waals surface area contributed by atoms with Gasteiger partial charge in [0.05, 0.1) is 26.6 Å². The Morgan fingerprint density at radius 3 is 2.34 bits per heavy atom. The van der Waals surface area contributed by atoms with Crippen molar-refractivity contribution in [1.29, 1.82) is 0 Å². The van der Waals surface area contributed by atoms with E-state index in [1.165, 1.54) is 37.4 Å². The highest BCUT2D eigenvalue weighted by Crippen LogP contribution is 2.32. The molecule has 0 spiro atoms. The third-order valence-electron chi connectivity index (χ3n) is 5.01. The summed E-state index contributed by atoms with van der Waals surface area (Å²) in [5.41, 5.74) is 7.48. The Kier molecular flexibility index (Phi) is 5.46. The minimum Gasteiger partial charge on any atom is -0.365 e. The molecule has 32 heavy (non-hydrogen) atoms. The fourth-order valence-electron chi connectivity index (χ4n) is 3.36. The predicted octanol–water partition coefficient (Wildman–Crippen LogP) is 4.11. The zero-order chi connectivity index (χ0) is 22.9. The molecule has 3 aromatic carbocycles. The van der Waals surface area contributed by atoms with E-state index in [1.807, 2.05) is 0 Å². The summed E-state index contributed by atoms with van der Waals surface area (Å²) >= 11 is 0. The quantitative estimate of drug-likeness (QED) is 0.431. The third kappa shape index (κ3) is 3.95. The van der Waals surface area contributed by atoms with E-state index < -0.39 is 15.7 Å². The van der Waals surface area contributed by atoms with Gasteiger partial charge in [0, 0.05) is 22.8 Å². The minimum absolute atomic E-state index is 0.0557. The van der Waals surface area contributed by atoms with Gasteiger partial charge < -0.3 is 11.1 Å². The molecule has 0 bridgehead atoms. The molecule has 0 aliphatic rings. The average molecular weight is 446 g/mol. The molecule has 4 rings (SSSR count). The second-order valence-electron chi connectivity index (χ2n) is 7.17. The number of aromatic nitrogens is 1. The molecule has 7 nitrogen and oxygen atoms in total. The zero-order valence-corrected chi connectivity index (χ0v) is 17.9. The molecular weight excluding hydrogens is 426 g/mol. The van der Waals surface area contributed by atoms with Gasteiger partial charge in [0.15, 0.2) is 5.78 Å². The first-order valence-corrected chi connectivity index (χ1v) is 11.2. The van der Waals surface area contributed by atoms with Crippen molar-refractivity contribution in [2.24, 2.45) is 5.73 Å². The van der Waals surface area contributed by atoms with E-state index in [2.05, 4.69) is 10.3 Å². The van der Waals surface area contributed by atoms with Crippen LogP contribution in [0.5, 0.6) is 0 Å². The number of carbonyl (C=O) groups is 2. The first-order chi connectivity index (χ1) is 15.3. The number of carbonyl (C=O) groups excluding carboxylic acids is 2. The largest absolute Gasteiger partial charge is 0.365 e. The van der Waals surface area contributed by atoms with Gasteiger partial charge in [-0.15, -0.1) is 0 Å². The lowest BCUT2D eigenvalue weighted by molar-refractivity contribution is 0.0996. The topological polar surface area (TPSA) is 119 Å². The van der Waals surface area contributed by atoms with Crippen molar-refractivity contribution in [1.82, 2.24) is 4.98 Å². The van der Waals surface area contributed by atoms with Crippen molar-refractivity contribution in [3.63, 3.8) is 0 Å². The number of hydrogen-bond acceptors (Lipinski definition) is 6. The van der Waals surface area contributed by atoms with Gasteiger partial charge in [0.2, 0.25) is 9.84 Å². The maximum Gasteiger partial charge on any atom is 0.252 e. The maximum absolute atomic E-state index is 13.1. The second-order valence-corrected chi connectivity index (χ2v) is 9.12. The number of hydrogen-bond donors (Lipinski definition) is 2. The number of anilines is 2. The Hall–Kier alpha value is -4.04. The highest BCUT2D eigenvalue weighted by Gasteiger charge is 2.20. The summed E-state index contributed by atoms with van der Waals surface area (Å²) in [5, 5.41) is 3.53. The standard InChI is InChI=1S/C24H19N3O4S/c1-15(28)16-6-5-7-17(12-16)27-23-20-13-19(32(30,31)18-8-3-2-4-9-18)10-11-22(20)26-14-21(23)24(25)29/h2-14H,1H3,(H2,25,29)(H,26,27). The second kappa shape index (κ2) is 8.24. The Balaban J connectivity index is 1.91. The van der Waals surface area contributed by atoms with Crippen molar-refractivity contribution in [2.45, 2.75) is 16.7 Å². The van der Waals surface area contributed by atoms with Gasteiger partial charge in [-0.3, -0.25) is 14.6 Å². The molecule has 0 saturated carbocycles. The summed E-state index contributed by atoms with van der Waals surface area (Å²) in [5.74, 6) is -0.833. The number of benzene rings is 3. The van der Waals surface area contributed by atoms with Gasteiger partial charge in [-0.1, -0.05) is 30.3 Å². The molecule has 1 heterocycles. The van der Waals surface area contributed by atoms with Crippen LogP contribution in [0.2, 0.25) is 0 Å². The molecule has 0 aliphatic heterocycles. The van der Waals surface area contributed by atoms with Gasteiger partial charge in [0.1, 0.15) is 0 Å². The summed E-state index contributed by atoms with van der Waals surface area (Å²) in [4.78, 5) is 28.3. The van der Waals surface area contributed by atoms with Crippen molar-refractivity contribution in [3.05, 3.63) is 90.1 Å². The van der Waals surface area contributed by atoms with Crippen LogP contribution < -0.4 is 11.1 Å². The molecule has 0 radical (unpaired) electrons. The van der Waals surface area contributed by atoms with E-state index in [-0.39, 0.29) is 21.1 Å². The van der Waals surface area contributed by atoms with Gasteiger partial charge in [-0.25, -0.2) is 8.42 Å². The van der Waals surface area contributed by atoms with Crippen molar-refractivity contribution < 1.29 is 18.0 Å². The molecule has 0 unspecified atom stereocenters. The maximum atomic E-state index is 13.1. The molecule has 8 heteroatoms. The van der Waals surface area contributed by atoms with Crippen LogP contribution in [0.25, 0.3) is 10.9 Å². The summed E-state index contributed by atoms with van der Waals surface area (Å²) in [6.07, 6.45) is 1.34. The van der Waals surface area contributed by atoms with E-state index >= 15 is 0 Å². The number of pyridine rings is 1. The monoisotopic (exact) mass is 445 g/mol. The highest BCUT2D eigenvalue weighted by molar-refractivity contribution is 7.91. The van der Waals surface area contributed by atoms with Crippen LogP contribution >= 0.6 is 0 Å². The van der Waals surface area contributed by atoms with Gasteiger partial charge in [-0.2, -0.15) is 0 Å². The number of fused-ring (bicyclic) bond motifs is 1. The van der Waals surface area contributed by atoms with Crippen LogP contribution in [0.4, 0.5) is 11.4 Å². The average Bonchev–Trinajstić information content (AvgIpc) is 2.79. The van der Waals surface area contributed by atoms with Crippen LogP contribution in [0.15, 0.2) is 88.8 Å². The van der Waals surface area contributed by atoms with E-state index in [0.717, 1.165) is 0 Å². The van der Waals surface area contributed by atoms with Gasteiger partial charge >= 0.3 is 0 Å². The number of primary amides is 1. The Labute approximate surface area is 184 Å². The SMILES string of the molecule is CC(=O)c1cccc(Nc2c(C(N)=O)cnc3ccc(S(=O)(=O)c4ccccc4)cc23)c1. The van der Waals surface area contributed by atoms with Crippen LogP contribution in [0, 0.1) is 0 Å². The lowest BCUT2D eigenvalue weighted by atomic mass is 10.1. The fourth-order valence-corrected chi connectivity index (χ4v) is 4.66. The molecule has 1 amide bonds. The van der Waals surface area contributed by atoms with Crippen LogP contribution in [0.1, 0.15) is 27.6 Å². The summed E-state index contributed by atoms with van der Waals surface area (Å²) in [6, 6.07) is 19.3. The number of nitrogens with two attached hydrogens (primary N) is 1. The molecule has 160 valence electrons. The third-order valence-corrected chi connectivity index (χ3v) is 6.77. The number of Topliss-reactive ketones (excluding diaryl/α,β-unsaturated/α-hetero) is 1. The smallest absolute Gasteiger partial charge is 0.252 e. The highest BCUT2D eigenvalue weighted by atomic mass is 32.2. The fraction of sp³-hybridized carbons (Fsp3) is 0.0417. The van der Waals surface area contributed by atoms with Gasteiger partial charge in [-0.05, 0) is 49.4 Å². The number of nitrogens with zero attached hydrogens (tertiary/aromatic N) is 1. The molecule has 0 atom stereocenters. The first kappa shape index (κ1) is 21.2. The van der Waals surface area contributed by atoms with Crippen molar-refractivity contribution in [3.8, 4) is 0 Å². The van der Waals surface area contributed by atoms with Crippen molar-refractivity contribution >= 4 is 43.8 Å². The number of amides is 1. The lowest BCUT2D eigenvalue weighted by Gasteiger charge is -2.15. The van der Waals surface area contributed by atoms with Crippen LogP contribution in [-0.2, 0) is 9.84 Å². The summed E-state index contributed by atoms with van der Waals surface area (Å²) < 4.78 is 26.2. The van der Waals surface area contributed by atoms with Gasteiger partial charge in [0.25, 0.3) is 5.91 Å². The molecule has 0 aliphatic carbocycles. The predicted molar refractivity (Wildman–Crippen MR) is 122 cm³/mol. The molecule has 1 aromatic heterocycles. The molecular formula is C24H19N3O4S. The number of rotatable bonds is 6. The number of ketones is 1. The normalized spacial score (nSPS) is 11.3. The molecule has 0 saturated heterocycles. The Morgan fingerprint density at radius 1 is 0.906 bits per heavy atom. The lowest BCUT2D eigenvalue weighted by Crippen LogP contribution is -2.14. The molecule has 0 fully saturated rings. The van der Waals surface area contributed by atoms with E-state index in [0.29, 0.717) is 27.8 Å². The van der Waals surface area contributed by atoms with Crippen molar-refractivity contribution in [2.75, 3.05) is 5.32 Å². The Morgan fingerprint density at radius 2 is 1.66 bits per heavy atom. The minimum atomic E-state index is -3.79. The van der Waals surface area contributed by atoms with Crippen LogP contribution in [0.3, 0.4) is 0 Å². The van der Waals surface area contributed by atoms with E-state index in [4.69, 9.17) is 5.73 Å².